The third-order valence-electron chi connectivity index (χ3n) is 8.12. The molecule has 0 aliphatic carbocycles. The van der Waals surface area contributed by atoms with E-state index < -0.39 is 39.7 Å². The minimum Gasteiger partial charge on any atom is -0.465 e. The molecule has 0 heterocycles. The van der Waals surface area contributed by atoms with E-state index in [9.17, 15) is 19.2 Å². The minimum atomic E-state index is -2.36. The third-order valence-corrected chi connectivity index (χ3v) is 25.4. The number of carbonyl (C=O) groups excluding carboxylic acids is 4. The highest BCUT2D eigenvalue weighted by Crippen LogP contribution is 2.50. The van der Waals surface area contributed by atoms with Gasteiger partial charge in [0.1, 0.15) is 9.76 Å². The van der Waals surface area contributed by atoms with Crippen molar-refractivity contribution in [1.82, 2.24) is 0 Å². The Morgan fingerprint density at radius 1 is 0.821 bits per heavy atom. The van der Waals surface area contributed by atoms with Gasteiger partial charge >= 0.3 is 29.1 Å². The molecule has 0 radical (unpaired) electrons. The van der Waals surface area contributed by atoms with E-state index in [1.165, 1.54) is 0 Å². The van der Waals surface area contributed by atoms with Gasteiger partial charge in [0.2, 0.25) is 11.8 Å². The van der Waals surface area contributed by atoms with E-state index in [0.29, 0.717) is 38.0 Å². The zero-order chi connectivity index (χ0) is 42.9. The van der Waals surface area contributed by atoms with Crippen molar-refractivity contribution < 1.29 is 45.4 Å². The Kier molecular flexibility index (Phi) is 41.6. The highest BCUT2D eigenvalue weighted by Gasteiger charge is 2.50. The largest absolute Gasteiger partial charge is 0.465 e. The van der Waals surface area contributed by atoms with E-state index in [4.69, 9.17) is 32.0 Å². The standard InChI is InChI=1S/C19H41NO5Si2.C7H20O2Si3.C7H12O2.C3H5NO.3CH4/c1-10-12-24-18(22)15(3)13-19(4,14-16(11-2)17(20)21)26(6,7)25-27(8,9)23-5;1-7-11(3,4)9-12(5,6)8-10-2;1-4-5-9-7(8)6(2)3;1-2-3(4)5;;;/h15-16H,10-14H2,1-9H3,(H2,20,21);7H,1,10H2,2-6H3;2,4-5H2,1,3H3;2H,1H2,(H2,4,5);3*1H4. The summed E-state index contributed by atoms with van der Waals surface area (Å²) in [6.45, 7) is 41.8. The molecule has 0 saturated heterocycles. The van der Waals surface area contributed by atoms with E-state index in [2.05, 4.69) is 78.2 Å². The highest BCUT2D eigenvalue weighted by molar-refractivity contribution is 6.86. The van der Waals surface area contributed by atoms with Gasteiger partial charge < -0.3 is 37.7 Å². The molecule has 56 heavy (non-hydrogen) atoms. The molecule has 2 amide bonds. The Morgan fingerprint density at radius 3 is 1.59 bits per heavy atom. The minimum absolute atomic E-state index is 0. The number of nitrogens with two attached hydrogens (primary N) is 2. The predicted molar refractivity (Wildman–Crippen MR) is 251 cm³/mol. The van der Waals surface area contributed by atoms with Gasteiger partial charge in [-0.2, -0.15) is 0 Å². The van der Waals surface area contributed by atoms with Gasteiger partial charge in [-0.3, -0.25) is 14.4 Å². The average molecular weight is 888 g/mol. The van der Waals surface area contributed by atoms with Gasteiger partial charge in [-0.1, -0.05) is 82.3 Å². The van der Waals surface area contributed by atoms with Crippen LogP contribution in [0.15, 0.2) is 37.1 Å². The van der Waals surface area contributed by atoms with Crippen LogP contribution in [0.25, 0.3) is 0 Å². The van der Waals surface area contributed by atoms with E-state index in [-0.39, 0.29) is 66.8 Å². The Bertz CT molecular complexity index is 1140. The van der Waals surface area contributed by atoms with Crippen LogP contribution >= 0.6 is 0 Å². The second-order valence-electron chi connectivity index (χ2n) is 15.0. The molecule has 0 fully saturated rings. The zero-order valence-electron chi connectivity index (χ0n) is 36.3. The molecule has 3 atom stereocenters. The summed E-state index contributed by atoms with van der Waals surface area (Å²) in [5, 5.41) is -0.323. The van der Waals surface area contributed by atoms with Crippen molar-refractivity contribution in [1.29, 1.82) is 0 Å². The number of amides is 2. The molecule has 0 spiro atoms. The number of hydrogen-bond donors (Lipinski definition) is 2. The van der Waals surface area contributed by atoms with Gasteiger partial charge in [0.15, 0.2) is 16.6 Å². The van der Waals surface area contributed by atoms with Crippen LogP contribution < -0.4 is 11.5 Å². The molecule has 336 valence electrons. The summed E-state index contributed by atoms with van der Waals surface area (Å²) in [4.78, 5) is 44.4. The first-order valence-electron chi connectivity index (χ1n) is 18.5. The molecule has 0 aliphatic heterocycles. The van der Waals surface area contributed by atoms with Crippen LogP contribution in [0.5, 0.6) is 0 Å². The fourth-order valence-electron chi connectivity index (χ4n) is 4.82. The SMILES string of the molecule is C.C.C.C=C(C)C(=O)OCCC.C=CC(N)=O.C=C[Si](C)(C)O[Si](C)(C)O[SiH2]C.CCCOC(=O)C(C)CC(C)(CC(CC)C(N)=O)[Si](C)(C)O[Si](C)(C)OC. The van der Waals surface area contributed by atoms with Gasteiger partial charge in [0.25, 0.3) is 0 Å². The number of hydrogen-bond acceptors (Lipinski definition) is 10. The predicted octanol–water partition coefficient (Wildman–Crippen LogP) is 9.06. The van der Waals surface area contributed by atoms with Crippen LogP contribution in [0.2, 0.25) is 64.0 Å². The lowest BCUT2D eigenvalue weighted by molar-refractivity contribution is -0.148. The Hall–Kier alpha value is -1.98. The summed E-state index contributed by atoms with van der Waals surface area (Å²) >= 11 is 0. The second kappa shape index (κ2) is 33.9. The van der Waals surface area contributed by atoms with Crippen LogP contribution in [0, 0.1) is 11.8 Å². The average Bonchev–Trinajstić information content (AvgIpc) is 3.04. The van der Waals surface area contributed by atoms with Crippen molar-refractivity contribution in [2.75, 3.05) is 20.3 Å². The Morgan fingerprint density at radius 2 is 1.27 bits per heavy atom. The topological polar surface area (TPSA) is 176 Å². The summed E-state index contributed by atoms with van der Waals surface area (Å²) in [6, 6.07) is 0. The van der Waals surface area contributed by atoms with Gasteiger partial charge in [-0.15, -0.1) is 6.58 Å². The van der Waals surface area contributed by atoms with Gasteiger partial charge in [0, 0.05) is 18.6 Å². The molecule has 0 rings (SSSR count). The molecule has 17 heteroatoms. The van der Waals surface area contributed by atoms with Crippen LogP contribution in [-0.2, 0) is 45.4 Å². The molecule has 0 aromatic rings. The third kappa shape index (κ3) is 34.1. The summed E-state index contributed by atoms with van der Waals surface area (Å²) in [5.41, 5.74) is 12.6. The van der Waals surface area contributed by atoms with Crippen molar-refractivity contribution >= 4 is 67.3 Å². The van der Waals surface area contributed by atoms with E-state index in [0.717, 1.165) is 18.9 Å². The maximum Gasteiger partial charge on any atom is 0.333 e. The smallest absolute Gasteiger partial charge is 0.333 e. The molecule has 0 aliphatic rings. The van der Waals surface area contributed by atoms with Crippen LogP contribution in [0.4, 0.5) is 0 Å². The molecule has 0 saturated carbocycles. The molecule has 12 nitrogen and oxygen atoms in total. The summed E-state index contributed by atoms with van der Waals surface area (Å²) in [6.07, 6.45) is 4.60. The van der Waals surface area contributed by atoms with Crippen molar-refractivity contribution in [3.63, 3.8) is 0 Å². The lowest BCUT2D eigenvalue weighted by atomic mass is 9.86. The Labute approximate surface area is 352 Å². The first-order chi connectivity index (χ1) is 24.0. The summed E-state index contributed by atoms with van der Waals surface area (Å²) in [5.74, 6) is -1.77. The molecule has 3 unspecified atom stereocenters. The maximum absolute atomic E-state index is 12.4. The van der Waals surface area contributed by atoms with Crippen molar-refractivity contribution in [2.24, 2.45) is 23.3 Å². The van der Waals surface area contributed by atoms with Crippen molar-refractivity contribution in [3.05, 3.63) is 37.1 Å². The molecule has 4 N–H and O–H groups in total. The quantitative estimate of drug-likeness (QED) is 0.0606. The number of ether oxygens (including phenoxy) is 2. The van der Waals surface area contributed by atoms with Crippen LogP contribution in [0.3, 0.4) is 0 Å². The van der Waals surface area contributed by atoms with Gasteiger partial charge in [-0.25, -0.2) is 4.79 Å². The maximum atomic E-state index is 12.4. The second-order valence-corrected chi connectivity index (χ2v) is 32.2. The first kappa shape index (κ1) is 68.7. The van der Waals surface area contributed by atoms with E-state index >= 15 is 0 Å². The number of rotatable bonds is 22. The summed E-state index contributed by atoms with van der Waals surface area (Å²) < 4.78 is 34.0. The van der Waals surface area contributed by atoms with E-state index in [1.54, 1.807) is 14.0 Å². The van der Waals surface area contributed by atoms with Gasteiger partial charge in [-0.05, 0) is 103 Å². The zero-order valence-corrected chi connectivity index (χ0v) is 41.7. The fraction of sp³-hybridized carbons (Fsp3) is 0.744. The van der Waals surface area contributed by atoms with E-state index in [1.807, 2.05) is 46.5 Å². The molecule has 0 bridgehead atoms. The fourth-order valence-corrected chi connectivity index (χ4v) is 21.5. The van der Waals surface area contributed by atoms with Crippen molar-refractivity contribution in [3.8, 4) is 0 Å². The highest BCUT2D eigenvalue weighted by atomic mass is 28.5. The Balaban J connectivity index is -0.000000137. The molecule has 0 aromatic heterocycles. The number of primary amides is 2. The summed E-state index contributed by atoms with van der Waals surface area (Å²) in [7, 11) is -6.74. The lowest BCUT2D eigenvalue weighted by Gasteiger charge is -2.47. The number of esters is 2. The first-order valence-corrected chi connectivity index (χ1v) is 32.0. The van der Waals surface area contributed by atoms with Crippen molar-refractivity contribution in [2.45, 2.75) is 160 Å². The monoisotopic (exact) mass is 887 g/mol. The molecular weight excluding hydrogens is 797 g/mol. The van der Waals surface area contributed by atoms with Crippen LogP contribution in [0.1, 0.15) is 95.9 Å². The molecular formula is C39H90N2O10Si5. The van der Waals surface area contributed by atoms with Gasteiger partial charge in [0.05, 0.1) is 19.1 Å². The lowest BCUT2D eigenvalue weighted by Crippen LogP contribution is -2.54. The normalized spacial score (nSPS) is 13.2. The van der Waals surface area contributed by atoms with Crippen LogP contribution in [-0.4, -0.2) is 87.6 Å². The number of carbonyl (C=O) groups is 4. The molecule has 0 aromatic carbocycles.